The van der Waals surface area contributed by atoms with E-state index in [1.54, 1.807) is 10.7 Å². The highest BCUT2D eigenvalue weighted by Gasteiger charge is 2.14. The Morgan fingerprint density at radius 3 is 2.42 bits per heavy atom. The number of hydrogen-bond acceptors (Lipinski definition) is 4. The van der Waals surface area contributed by atoms with Gasteiger partial charge in [0.25, 0.3) is 5.95 Å². The largest absolute Gasteiger partial charge is 0.286 e. The second-order valence-corrected chi connectivity index (χ2v) is 6.10. The van der Waals surface area contributed by atoms with Gasteiger partial charge < -0.3 is 0 Å². The zero-order valence-corrected chi connectivity index (χ0v) is 14.3. The van der Waals surface area contributed by atoms with Crippen LogP contribution in [0.4, 0.5) is 0 Å². The summed E-state index contributed by atoms with van der Waals surface area (Å²) in [5, 5.41) is 4.96. The maximum Gasteiger partial charge on any atom is 0.254 e. The molecular formula is C17H15ClN6. The number of fused-ring (bicyclic) bond motifs is 1. The smallest absolute Gasteiger partial charge is 0.254 e. The van der Waals surface area contributed by atoms with Gasteiger partial charge in [-0.15, -0.1) is 5.10 Å². The summed E-state index contributed by atoms with van der Waals surface area (Å²) in [5.74, 6) is 0.660. The lowest BCUT2D eigenvalue weighted by Gasteiger charge is -2.05. The quantitative estimate of drug-likeness (QED) is 0.560. The van der Waals surface area contributed by atoms with Crippen molar-refractivity contribution in [3.8, 4) is 17.2 Å². The summed E-state index contributed by atoms with van der Waals surface area (Å²) in [5.41, 5.74) is 5.63. The Kier molecular flexibility index (Phi) is 3.35. The van der Waals surface area contributed by atoms with Crippen LogP contribution in [0.25, 0.3) is 22.9 Å². The molecule has 4 rings (SSSR count). The maximum atomic E-state index is 5.96. The first-order valence-electron chi connectivity index (χ1n) is 7.54. The fourth-order valence-electron chi connectivity index (χ4n) is 2.89. The Labute approximate surface area is 143 Å². The van der Waals surface area contributed by atoms with Gasteiger partial charge in [0.1, 0.15) is 5.15 Å². The number of rotatable bonds is 2. The van der Waals surface area contributed by atoms with Gasteiger partial charge in [-0.25, -0.2) is 9.50 Å². The second-order valence-electron chi connectivity index (χ2n) is 5.71. The van der Waals surface area contributed by atoms with Crippen molar-refractivity contribution < 1.29 is 0 Å². The molecule has 0 N–H and O–H groups in total. The Bertz CT molecular complexity index is 1040. The third kappa shape index (κ3) is 2.27. The van der Waals surface area contributed by atoms with Crippen LogP contribution in [0.1, 0.15) is 17.0 Å². The summed E-state index contributed by atoms with van der Waals surface area (Å²) in [4.78, 5) is 13.2. The van der Waals surface area contributed by atoms with Gasteiger partial charge in [0.15, 0.2) is 5.65 Å². The fourth-order valence-corrected chi connectivity index (χ4v) is 3.04. The van der Waals surface area contributed by atoms with E-state index in [2.05, 4.69) is 27.2 Å². The summed E-state index contributed by atoms with van der Waals surface area (Å²) < 4.78 is 3.82. The Morgan fingerprint density at radius 2 is 1.71 bits per heavy atom. The molecule has 0 unspecified atom stereocenters. The van der Waals surface area contributed by atoms with Crippen LogP contribution in [0, 0.1) is 20.8 Å². The molecule has 0 saturated heterocycles. The SMILES string of the molecule is Cc1c(-c2cncc(Cl)n2)ccn2nc(-n3c(C)ccc3C)nc12. The van der Waals surface area contributed by atoms with Gasteiger partial charge in [0, 0.05) is 28.7 Å². The normalized spacial score (nSPS) is 11.3. The van der Waals surface area contributed by atoms with Gasteiger partial charge in [0.2, 0.25) is 0 Å². The molecular weight excluding hydrogens is 324 g/mol. The van der Waals surface area contributed by atoms with Gasteiger partial charge in [-0.1, -0.05) is 11.6 Å². The van der Waals surface area contributed by atoms with Crippen molar-refractivity contribution >= 4 is 17.2 Å². The summed E-state index contributed by atoms with van der Waals surface area (Å²) in [7, 11) is 0. The average Bonchev–Trinajstić information content (AvgIpc) is 3.11. The third-order valence-corrected chi connectivity index (χ3v) is 4.28. The van der Waals surface area contributed by atoms with Gasteiger partial charge in [0.05, 0.1) is 18.1 Å². The Morgan fingerprint density at radius 1 is 0.958 bits per heavy atom. The minimum atomic E-state index is 0.368. The maximum absolute atomic E-state index is 5.96. The lowest BCUT2D eigenvalue weighted by atomic mass is 10.1. The summed E-state index contributed by atoms with van der Waals surface area (Å²) in [6.07, 6.45) is 5.10. The molecule has 0 fully saturated rings. The van der Waals surface area contributed by atoms with Crippen LogP contribution >= 0.6 is 11.6 Å². The van der Waals surface area contributed by atoms with E-state index in [0.29, 0.717) is 11.1 Å². The van der Waals surface area contributed by atoms with Crippen molar-refractivity contribution in [3.05, 3.63) is 58.9 Å². The molecule has 0 atom stereocenters. The Balaban J connectivity index is 1.91. The van der Waals surface area contributed by atoms with Gasteiger partial charge in [-0.3, -0.25) is 9.55 Å². The number of aryl methyl sites for hydroxylation is 3. The fraction of sp³-hybridized carbons (Fsp3) is 0.176. The molecule has 4 aromatic rings. The van der Waals surface area contributed by atoms with Crippen LogP contribution in [0.3, 0.4) is 0 Å². The minimum Gasteiger partial charge on any atom is -0.286 e. The van der Waals surface area contributed by atoms with E-state index in [0.717, 1.165) is 33.9 Å². The molecule has 0 saturated carbocycles. The van der Waals surface area contributed by atoms with Crippen LogP contribution < -0.4 is 0 Å². The number of nitrogens with zero attached hydrogens (tertiary/aromatic N) is 6. The molecule has 0 amide bonds. The Hall–Kier alpha value is -2.73. The minimum absolute atomic E-state index is 0.368. The van der Waals surface area contributed by atoms with Crippen molar-refractivity contribution in [2.24, 2.45) is 0 Å². The molecule has 0 aliphatic heterocycles. The van der Waals surface area contributed by atoms with E-state index in [4.69, 9.17) is 16.6 Å². The van der Waals surface area contributed by atoms with Crippen molar-refractivity contribution in [1.82, 2.24) is 29.1 Å². The number of aromatic nitrogens is 6. The van der Waals surface area contributed by atoms with E-state index in [9.17, 15) is 0 Å². The number of halogens is 1. The standard InChI is InChI=1S/C17H15ClN6/c1-10-4-5-11(2)24(10)17-21-16-12(3)13(6-7-23(16)22-17)14-8-19-9-15(18)20-14/h4-9H,1-3H3. The van der Waals surface area contributed by atoms with Crippen molar-refractivity contribution in [2.75, 3.05) is 0 Å². The van der Waals surface area contributed by atoms with Crippen LogP contribution in [0.2, 0.25) is 5.15 Å². The van der Waals surface area contributed by atoms with Gasteiger partial charge in [-0.2, -0.15) is 4.98 Å². The predicted molar refractivity (Wildman–Crippen MR) is 92.6 cm³/mol. The van der Waals surface area contributed by atoms with E-state index < -0.39 is 0 Å². The number of pyridine rings is 1. The summed E-state index contributed by atoms with van der Waals surface area (Å²) in [6, 6.07) is 6.07. The van der Waals surface area contributed by atoms with Crippen molar-refractivity contribution in [2.45, 2.75) is 20.8 Å². The van der Waals surface area contributed by atoms with Crippen LogP contribution in [-0.4, -0.2) is 29.1 Å². The molecule has 120 valence electrons. The highest BCUT2D eigenvalue weighted by molar-refractivity contribution is 6.29. The van der Waals surface area contributed by atoms with E-state index in [1.165, 1.54) is 6.20 Å². The molecule has 7 heteroatoms. The lowest BCUT2D eigenvalue weighted by molar-refractivity contribution is 0.850. The monoisotopic (exact) mass is 338 g/mol. The number of hydrogen-bond donors (Lipinski definition) is 0. The molecule has 0 spiro atoms. The third-order valence-electron chi connectivity index (χ3n) is 4.09. The molecule has 4 heterocycles. The molecule has 24 heavy (non-hydrogen) atoms. The predicted octanol–water partition coefficient (Wildman–Crippen LogP) is 3.56. The molecule has 0 aliphatic rings. The topological polar surface area (TPSA) is 60.9 Å². The first-order valence-corrected chi connectivity index (χ1v) is 7.91. The van der Waals surface area contributed by atoms with Crippen molar-refractivity contribution in [3.63, 3.8) is 0 Å². The lowest BCUT2D eigenvalue weighted by Crippen LogP contribution is -2.01. The molecule has 6 nitrogen and oxygen atoms in total. The zero-order chi connectivity index (χ0) is 16.8. The van der Waals surface area contributed by atoms with Gasteiger partial charge >= 0.3 is 0 Å². The summed E-state index contributed by atoms with van der Waals surface area (Å²) >= 11 is 5.96. The van der Waals surface area contributed by atoms with Gasteiger partial charge in [-0.05, 0) is 39.0 Å². The molecule has 0 aliphatic carbocycles. The highest BCUT2D eigenvalue weighted by Crippen LogP contribution is 2.25. The molecule has 0 bridgehead atoms. The van der Waals surface area contributed by atoms with Crippen LogP contribution in [-0.2, 0) is 0 Å². The first-order chi connectivity index (χ1) is 11.5. The van der Waals surface area contributed by atoms with E-state index >= 15 is 0 Å². The van der Waals surface area contributed by atoms with E-state index in [1.807, 2.05) is 37.6 Å². The first kappa shape index (κ1) is 14.8. The van der Waals surface area contributed by atoms with Crippen LogP contribution in [0.15, 0.2) is 36.8 Å². The summed E-state index contributed by atoms with van der Waals surface area (Å²) in [6.45, 7) is 6.08. The molecule has 0 radical (unpaired) electrons. The van der Waals surface area contributed by atoms with Crippen LogP contribution in [0.5, 0.6) is 0 Å². The second kappa shape index (κ2) is 5.42. The van der Waals surface area contributed by atoms with Crippen molar-refractivity contribution in [1.29, 1.82) is 0 Å². The van der Waals surface area contributed by atoms with E-state index in [-0.39, 0.29) is 0 Å². The molecule has 4 aromatic heterocycles. The zero-order valence-electron chi connectivity index (χ0n) is 13.5. The average molecular weight is 339 g/mol. The highest BCUT2D eigenvalue weighted by atomic mass is 35.5. The molecule has 0 aromatic carbocycles.